The van der Waals surface area contributed by atoms with E-state index in [2.05, 4.69) is 4.18 Å². The van der Waals surface area contributed by atoms with Crippen LogP contribution in [0.3, 0.4) is 0 Å². The number of hydrogen-bond acceptors (Lipinski definition) is 4. The van der Waals surface area contributed by atoms with Gasteiger partial charge < -0.3 is 5.11 Å². The molecule has 0 spiro atoms. The molecule has 0 amide bonds. The van der Waals surface area contributed by atoms with Gasteiger partial charge in [-0.2, -0.15) is 8.42 Å². The predicted molar refractivity (Wildman–Crippen MR) is 32.8 cm³/mol. The van der Waals surface area contributed by atoms with Crippen LogP contribution in [-0.2, 0) is 14.3 Å². The number of aliphatic hydroxyl groups excluding tert-OH is 1. The van der Waals surface area contributed by atoms with Gasteiger partial charge in [-0.05, 0) is 0 Å². The van der Waals surface area contributed by atoms with Crippen molar-refractivity contribution in [2.75, 3.05) is 19.5 Å². The maximum Gasteiger partial charge on any atom is 0.294 e. The molecule has 0 saturated heterocycles. The van der Waals surface area contributed by atoms with Gasteiger partial charge in [0, 0.05) is 0 Å². The number of rotatable bonds is 4. The lowest BCUT2D eigenvalue weighted by Crippen LogP contribution is -2.29. The average Bonchev–Trinajstić information content (AvgIpc) is 1.83. The highest BCUT2D eigenvalue weighted by molar-refractivity contribution is 7.85. The molecule has 0 fully saturated rings. The molecule has 0 aliphatic rings. The minimum absolute atomic E-state index is 0.653. The molecule has 0 aromatic rings. The van der Waals surface area contributed by atoms with Crippen LogP contribution < -0.4 is 0 Å². The summed E-state index contributed by atoms with van der Waals surface area (Å²) in [5, 5.41) is 7.97. The zero-order valence-corrected chi connectivity index (χ0v) is 6.57. The molecule has 68 valence electrons. The largest absolute Gasteiger partial charge is 0.390 e. The van der Waals surface area contributed by atoms with Gasteiger partial charge in [-0.15, -0.1) is 0 Å². The Hall–Kier alpha value is -0.270. The molecule has 0 unspecified atom stereocenters. The van der Waals surface area contributed by atoms with Gasteiger partial charge in [0.1, 0.15) is 13.2 Å². The Morgan fingerprint density at radius 3 is 2.27 bits per heavy atom. The molecule has 0 bridgehead atoms. The SMILES string of the molecule is CS(=O)(=O)OCC(F)(F)CO. The quantitative estimate of drug-likeness (QED) is 0.612. The van der Waals surface area contributed by atoms with Gasteiger partial charge in [0.15, 0.2) is 0 Å². The van der Waals surface area contributed by atoms with E-state index in [4.69, 9.17) is 5.11 Å². The smallest absolute Gasteiger partial charge is 0.294 e. The van der Waals surface area contributed by atoms with Crippen LogP contribution in [0.4, 0.5) is 8.78 Å². The zero-order chi connectivity index (χ0) is 9.12. The third kappa shape index (κ3) is 6.14. The van der Waals surface area contributed by atoms with E-state index in [1.165, 1.54) is 0 Å². The summed E-state index contributed by atoms with van der Waals surface area (Å²) >= 11 is 0. The summed E-state index contributed by atoms with van der Waals surface area (Å²) in [5.74, 6) is -3.50. The molecular weight excluding hydrogens is 182 g/mol. The van der Waals surface area contributed by atoms with Crippen molar-refractivity contribution in [2.24, 2.45) is 0 Å². The van der Waals surface area contributed by atoms with Gasteiger partial charge in [0.05, 0.1) is 6.26 Å². The third-order valence-corrected chi connectivity index (χ3v) is 1.26. The molecule has 0 aliphatic carbocycles. The molecule has 0 aromatic heterocycles. The molecule has 0 atom stereocenters. The standard InChI is InChI=1S/C4H8F2O4S/c1-11(8,9)10-3-4(5,6)2-7/h7H,2-3H2,1H3. The van der Waals surface area contributed by atoms with Crippen molar-refractivity contribution in [3.05, 3.63) is 0 Å². The first-order valence-corrected chi connectivity index (χ1v) is 4.41. The van der Waals surface area contributed by atoms with Gasteiger partial charge in [-0.1, -0.05) is 0 Å². The van der Waals surface area contributed by atoms with Gasteiger partial charge >= 0.3 is 0 Å². The Labute approximate surface area is 62.9 Å². The average molecular weight is 190 g/mol. The first-order chi connectivity index (χ1) is 4.77. The lowest BCUT2D eigenvalue weighted by molar-refractivity contribution is -0.0786. The highest BCUT2D eigenvalue weighted by Crippen LogP contribution is 2.12. The molecule has 0 aromatic carbocycles. The van der Waals surface area contributed by atoms with Crippen molar-refractivity contribution in [3.63, 3.8) is 0 Å². The minimum Gasteiger partial charge on any atom is -0.390 e. The van der Waals surface area contributed by atoms with Crippen LogP contribution in [0.2, 0.25) is 0 Å². The summed E-state index contributed by atoms with van der Waals surface area (Å²) in [7, 11) is -3.86. The number of hydrogen-bond donors (Lipinski definition) is 1. The van der Waals surface area contributed by atoms with Crippen LogP contribution in [0.1, 0.15) is 0 Å². The van der Waals surface area contributed by atoms with Crippen LogP contribution >= 0.6 is 0 Å². The molecule has 1 N–H and O–H groups in total. The molecule has 0 radical (unpaired) electrons. The highest BCUT2D eigenvalue weighted by atomic mass is 32.2. The van der Waals surface area contributed by atoms with Crippen molar-refractivity contribution in [2.45, 2.75) is 5.92 Å². The fraction of sp³-hybridized carbons (Fsp3) is 1.00. The van der Waals surface area contributed by atoms with Gasteiger partial charge in [-0.25, -0.2) is 8.78 Å². The van der Waals surface area contributed by atoms with Crippen molar-refractivity contribution >= 4 is 10.1 Å². The van der Waals surface area contributed by atoms with E-state index >= 15 is 0 Å². The van der Waals surface area contributed by atoms with E-state index in [9.17, 15) is 17.2 Å². The fourth-order valence-electron chi connectivity index (χ4n) is 0.239. The van der Waals surface area contributed by atoms with Crippen LogP contribution in [0.15, 0.2) is 0 Å². The van der Waals surface area contributed by atoms with Gasteiger partial charge in [0.2, 0.25) is 0 Å². The molecule has 4 nitrogen and oxygen atoms in total. The van der Waals surface area contributed by atoms with Crippen LogP contribution in [0, 0.1) is 0 Å². The molecule has 11 heavy (non-hydrogen) atoms. The Morgan fingerprint density at radius 1 is 1.55 bits per heavy atom. The maximum atomic E-state index is 12.0. The van der Waals surface area contributed by atoms with Crippen LogP contribution in [0.5, 0.6) is 0 Å². The number of aliphatic hydroxyl groups is 1. The van der Waals surface area contributed by atoms with Crippen molar-refractivity contribution < 1.29 is 26.5 Å². The highest BCUT2D eigenvalue weighted by Gasteiger charge is 2.29. The third-order valence-electron chi connectivity index (χ3n) is 0.715. The van der Waals surface area contributed by atoms with Gasteiger partial charge in [-0.3, -0.25) is 4.18 Å². The maximum absolute atomic E-state index is 12.0. The molecule has 0 saturated carbocycles. The molecule has 0 aliphatic heterocycles. The van der Waals surface area contributed by atoms with Crippen molar-refractivity contribution in [1.82, 2.24) is 0 Å². The second-order valence-electron chi connectivity index (χ2n) is 1.98. The Morgan fingerprint density at radius 2 is 2.00 bits per heavy atom. The van der Waals surface area contributed by atoms with E-state index in [0.29, 0.717) is 6.26 Å². The summed E-state index contributed by atoms with van der Waals surface area (Å²) in [5.41, 5.74) is 0. The summed E-state index contributed by atoms with van der Waals surface area (Å²) in [4.78, 5) is 0. The molecule has 0 heterocycles. The Balaban J connectivity index is 3.90. The Bertz CT molecular complexity index is 210. The van der Waals surface area contributed by atoms with E-state index in [-0.39, 0.29) is 0 Å². The normalized spacial score (nSPS) is 13.5. The van der Waals surface area contributed by atoms with Crippen molar-refractivity contribution in [1.29, 1.82) is 0 Å². The van der Waals surface area contributed by atoms with E-state index in [1.807, 2.05) is 0 Å². The minimum atomic E-state index is -3.86. The lowest BCUT2D eigenvalue weighted by Gasteiger charge is -2.11. The molecule has 7 heteroatoms. The number of alkyl halides is 2. The molecular formula is C4H8F2O4S. The first-order valence-electron chi connectivity index (χ1n) is 2.60. The van der Waals surface area contributed by atoms with Crippen LogP contribution in [-0.4, -0.2) is 38.9 Å². The topological polar surface area (TPSA) is 63.6 Å². The summed E-state index contributed by atoms with van der Waals surface area (Å²) < 4.78 is 48.1. The number of halogens is 2. The van der Waals surface area contributed by atoms with Crippen molar-refractivity contribution in [3.8, 4) is 0 Å². The summed E-state index contributed by atoms with van der Waals surface area (Å²) in [6, 6.07) is 0. The van der Waals surface area contributed by atoms with Gasteiger partial charge in [0.25, 0.3) is 16.0 Å². The second-order valence-corrected chi connectivity index (χ2v) is 3.62. The predicted octanol–water partition coefficient (Wildman–Crippen LogP) is -0.410. The summed E-state index contributed by atoms with van der Waals surface area (Å²) in [6.45, 7) is -2.75. The van der Waals surface area contributed by atoms with Crippen LogP contribution in [0.25, 0.3) is 0 Å². The molecule has 0 rings (SSSR count). The van der Waals surface area contributed by atoms with E-state index < -0.39 is 29.3 Å². The Kier molecular flexibility index (Phi) is 3.33. The lowest BCUT2D eigenvalue weighted by atomic mass is 10.4. The summed E-state index contributed by atoms with van der Waals surface area (Å²) in [6.07, 6.45) is 0.653. The second kappa shape index (κ2) is 3.42. The zero-order valence-electron chi connectivity index (χ0n) is 5.75. The first kappa shape index (κ1) is 10.7. The fourth-order valence-corrected chi connectivity index (χ4v) is 0.625. The monoisotopic (exact) mass is 190 g/mol. The van der Waals surface area contributed by atoms with E-state index in [1.54, 1.807) is 0 Å². The van der Waals surface area contributed by atoms with E-state index in [0.717, 1.165) is 0 Å².